The van der Waals surface area contributed by atoms with Crippen LogP contribution in [-0.2, 0) is 11.5 Å². The smallest absolute Gasteiger partial charge is 0.181 e. The van der Waals surface area contributed by atoms with Crippen LogP contribution in [0.5, 0.6) is 5.75 Å². The first kappa shape index (κ1) is 15.1. The van der Waals surface area contributed by atoms with Crippen molar-refractivity contribution in [3.8, 4) is 5.75 Å². The predicted octanol–water partition coefficient (Wildman–Crippen LogP) is 5.90. The van der Waals surface area contributed by atoms with Crippen molar-refractivity contribution in [2.45, 2.75) is 71.1 Å². The van der Waals surface area contributed by atoms with Crippen molar-refractivity contribution in [3.63, 3.8) is 0 Å². The van der Waals surface area contributed by atoms with E-state index in [0.29, 0.717) is 0 Å². The van der Waals surface area contributed by atoms with E-state index in [-0.39, 0.29) is 5.75 Å². The third kappa shape index (κ3) is 6.68. The molecule has 0 saturated heterocycles. The van der Waals surface area contributed by atoms with Crippen molar-refractivity contribution in [1.29, 1.82) is 0 Å². The highest BCUT2D eigenvalue weighted by Crippen LogP contribution is 2.19. The first-order valence-corrected chi connectivity index (χ1v) is 7.59. The van der Waals surface area contributed by atoms with E-state index in [2.05, 4.69) is 6.92 Å². The predicted molar refractivity (Wildman–Crippen MR) is 77.5 cm³/mol. The molecule has 0 amide bonds. The zero-order valence-corrected chi connectivity index (χ0v) is 11.8. The van der Waals surface area contributed by atoms with Gasteiger partial charge in [-0.2, -0.15) is 0 Å². The molecule has 1 aromatic rings. The SMILES string of the molecule is CCCCCCCCCCCc1ccccc1[O]. The fourth-order valence-electron chi connectivity index (χ4n) is 2.34. The highest BCUT2D eigenvalue weighted by Gasteiger charge is 2.00. The van der Waals surface area contributed by atoms with Crippen LogP contribution in [0.3, 0.4) is 0 Å². The van der Waals surface area contributed by atoms with Gasteiger partial charge in [-0.05, 0) is 24.5 Å². The number of para-hydroxylation sites is 1. The van der Waals surface area contributed by atoms with Crippen molar-refractivity contribution in [2.24, 2.45) is 0 Å². The number of aryl methyl sites for hydroxylation is 1. The lowest BCUT2D eigenvalue weighted by molar-refractivity contribution is 0.349. The standard InChI is InChI=1S/C17H27O/c1-2-3-4-5-6-7-8-9-10-13-16-14-11-12-15-17(16)18/h11-12,14-15H,2-10,13H2,1H3. The van der Waals surface area contributed by atoms with Gasteiger partial charge in [-0.15, -0.1) is 0 Å². The van der Waals surface area contributed by atoms with Gasteiger partial charge in [0.2, 0.25) is 0 Å². The van der Waals surface area contributed by atoms with Crippen molar-refractivity contribution in [2.75, 3.05) is 0 Å². The summed E-state index contributed by atoms with van der Waals surface area (Å²) in [7, 11) is 0. The van der Waals surface area contributed by atoms with E-state index in [0.717, 1.165) is 18.4 Å². The minimum atomic E-state index is 0.206. The van der Waals surface area contributed by atoms with E-state index in [1.54, 1.807) is 6.07 Å². The zero-order chi connectivity index (χ0) is 13.1. The van der Waals surface area contributed by atoms with Crippen LogP contribution in [0.4, 0.5) is 0 Å². The van der Waals surface area contributed by atoms with Crippen LogP contribution in [0, 0.1) is 0 Å². The summed E-state index contributed by atoms with van der Waals surface area (Å²) in [5.41, 5.74) is 0.987. The minimum Gasteiger partial charge on any atom is -0.290 e. The normalized spacial score (nSPS) is 10.7. The second-order valence-electron chi connectivity index (χ2n) is 5.19. The Bertz CT molecular complexity index is 306. The van der Waals surface area contributed by atoms with Crippen LogP contribution in [-0.4, -0.2) is 0 Å². The summed E-state index contributed by atoms with van der Waals surface area (Å²) in [5, 5.41) is 11.5. The second kappa shape index (κ2) is 9.99. The molecule has 0 fully saturated rings. The summed E-state index contributed by atoms with van der Waals surface area (Å²) >= 11 is 0. The molecular weight excluding hydrogens is 220 g/mol. The quantitative estimate of drug-likeness (QED) is 0.458. The molecule has 101 valence electrons. The lowest BCUT2D eigenvalue weighted by Crippen LogP contribution is -1.86. The van der Waals surface area contributed by atoms with Gasteiger partial charge in [0.15, 0.2) is 5.75 Å². The molecule has 18 heavy (non-hydrogen) atoms. The van der Waals surface area contributed by atoms with Crippen LogP contribution in [0.25, 0.3) is 0 Å². The van der Waals surface area contributed by atoms with Gasteiger partial charge in [-0.1, -0.05) is 76.5 Å². The summed E-state index contributed by atoms with van der Waals surface area (Å²) in [5.74, 6) is 0.206. The Morgan fingerprint density at radius 3 is 1.94 bits per heavy atom. The molecule has 0 aromatic heterocycles. The van der Waals surface area contributed by atoms with E-state index < -0.39 is 0 Å². The van der Waals surface area contributed by atoms with E-state index >= 15 is 0 Å². The minimum absolute atomic E-state index is 0.206. The third-order valence-electron chi connectivity index (χ3n) is 3.52. The summed E-state index contributed by atoms with van der Waals surface area (Å²) in [6, 6.07) is 7.42. The van der Waals surface area contributed by atoms with E-state index in [4.69, 9.17) is 0 Å². The molecule has 1 nitrogen and oxygen atoms in total. The van der Waals surface area contributed by atoms with Crippen molar-refractivity contribution < 1.29 is 5.11 Å². The molecule has 0 spiro atoms. The molecule has 0 unspecified atom stereocenters. The maximum absolute atomic E-state index is 11.5. The van der Waals surface area contributed by atoms with E-state index in [1.807, 2.05) is 18.2 Å². The molecular formula is C17H27O. The highest BCUT2D eigenvalue weighted by molar-refractivity contribution is 5.31. The molecule has 0 heterocycles. The lowest BCUT2D eigenvalue weighted by atomic mass is 10.0. The Hall–Kier alpha value is -0.980. The summed E-state index contributed by atoms with van der Waals surface area (Å²) in [4.78, 5) is 0. The van der Waals surface area contributed by atoms with Crippen LogP contribution in [0.2, 0.25) is 0 Å². The fourth-order valence-corrected chi connectivity index (χ4v) is 2.34. The molecule has 1 aromatic carbocycles. The van der Waals surface area contributed by atoms with Crippen LogP contribution < -0.4 is 0 Å². The number of hydrogen-bond donors (Lipinski definition) is 0. The van der Waals surface area contributed by atoms with Gasteiger partial charge in [0.1, 0.15) is 0 Å². The van der Waals surface area contributed by atoms with Crippen molar-refractivity contribution >= 4 is 0 Å². The fraction of sp³-hybridized carbons (Fsp3) is 0.647. The second-order valence-corrected chi connectivity index (χ2v) is 5.19. The lowest BCUT2D eigenvalue weighted by Gasteiger charge is -2.03. The van der Waals surface area contributed by atoms with Gasteiger partial charge < -0.3 is 0 Å². The van der Waals surface area contributed by atoms with Gasteiger partial charge in [0.05, 0.1) is 0 Å². The topological polar surface area (TPSA) is 19.9 Å². The molecule has 1 radical (unpaired) electrons. The number of rotatable bonds is 10. The molecule has 1 rings (SSSR count). The molecule has 0 bridgehead atoms. The molecule has 0 saturated carbocycles. The summed E-state index contributed by atoms with van der Waals surface area (Å²) in [6.45, 7) is 2.26. The summed E-state index contributed by atoms with van der Waals surface area (Å²) in [6.07, 6.45) is 13.0. The Labute approximate surface area is 112 Å². The van der Waals surface area contributed by atoms with E-state index in [9.17, 15) is 5.11 Å². The molecule has 0 N–H and O–H groups in total. The average Bonchev–Trinajstić information content (AvgIpc) is 2.39. The van der Waals surface area contributed by atoms with Crippen molar-refractivity contribution in [1.82, 2.24) is 0 Å². The van der Waals surface area contributed by atoms with Gasteiger partial charge in [0, 0.05) is 0 Å². The monoisotopic (exact) mass is 247 g/mol. The largest absolute Gasteiger partial charge is 0.290 e. The number of hydrogen-bond acceptors (Lipinski definition) is 0. The third-order valence-corrected chi connectivity index (χ3v) is 3.52. The maximum atomic E-state index is 11.5. The molecule has 1 heteroatoms. The first-order valence-electron chi connectivity index (χ1n) is 7.59. The Balaban J connectivity index is 1.94. The first-order chi connectivity index (χ1) is 8.84. The zero-order valence-electron chi connectivity index (χ0n) is 11.8. The summed E-state index contributed by atoms with van der Waals surface area (Å²) < 4.78 is 0. The number of unbranched alkanes of at least 4 members (excludes halogenated alkanes) is 8. The van der Waals surface area contributed by atoms with Gasteiger partial charge >= 0.3 is 0 Å². The molecule has 0 aliphatic heterocycles. The molecule has 0 aliphatic rings. The highest BCUT2D eigenvalue weighted by atomic mass is 16.3. The molecule has 0 aliphatic carbocycles. The van der Waals surface area contributed by atoms with Gasteiger partial charge in [-0.3, -0.25) is 5.11 Å². The maximum Gasteiger partial charge on any atom is 0.181 e. The average molecular weight is 247 g/mol. The molecule has 0 atom stereocenters. The van der Waals surface area contributed by atoms with Crippen LogP contribution in [0.15, 0.2) is 24.3 Å². The van der Waals surface area contributed by atoms with Crippen LogP contribution in [0.1, 0.15) is 70.3 Å². The van der Waals surface area contributed by atoms with Gasteiger partial charge in [0.25, 0.3) is 0 Å². The Morgan fingerprint density at radius 2 is 1.33 bits per heavy atom. The van der Waals surface area contributed by atoms with Crippen molar-refractivity contribution in [3.05, 3.63) is 29.8 Å². The van der Waals surface area contributed by atoms with Crippen LogP contribution >= 0.6 is 0 Å². The Kier molecular flexibility index (Phi) is 8.37. The van der Waals surface area contributed by atoms with E-state index in [1.165, 1.54) is 51.4 Å². The Morgan fingerprint density at radius 1 is 0.778 bits per heavy atom. The van der Waals surface area contributed by atoms with Gasteiger partial charge in [-0.25, -0.2) is 0 Å². The number of benzene rings is 1.